The number of aromatic carboxylic acids is 1. The molecule has 0 amide bonds. The van der Waals surface area contributed by atoms with Crippen molar-refractivity contribution in [3.05, 3.63) is 29.8 Å². The molecule has 4 heteroatoms. The molecule has 0 aromatic heterocycles. The maximum absolute atomic E-state index is 11.0. The van der Waals surface area contributed by atoms with E-state index < -0.39 is 5.97 Å². The van der Waals surface area contributed by atoms with E-state index >= 15 is 0 Å². The zero-order chi connectivity index (χ0) is 13.4. The molecule has 0 aliphatic carbocycles. The van der Waals surface area contributed by atoms with Crippen LogP contribution in [0.3, 0.4) is 0 Å². The van der Waals surface area contributed by atoms with Gasteiger partial charge in [-0.2, -0.15) is 0 Å². The number of carboxylic acids is 1. The third-order valence-electron chi connectivity index (χ3n) is 2.39. The van der Waals surface area contributed by atoms with Gasteiger partial charge in [-0.15, -0.1) is 0 Å². The predicted octanol–water partition coefficient (Wildman–Crippen LogP) is 2.86. The molecule has 0 saturated heterocycles. The van der Waals surface area contributed by atoms with Gasteiger partial charge in [0.15, 0.2) is 0 Å². The molecule has 1 aromatic rings. The summed E-state index contributed by atoms with van der Waals surface area (Å²) in [6.45, 7) is 6.40. The first-order valence-corrected chi connectivity index (χ1v) is 6.25. The Morgan fingerprint density at radius 3 is 2.78 bits per heavy atom. The van der Waals surface area contributed by atoms with Crippen molar-refractivity contribution in [1.29, 1.82) is 0 Å². The number of ether oxygens (including phenoxy) is 1. The van der Waals surface area contributed by atoms with Crippen LogP contribution in [-0.2, 0) is 4.74 Å². The molecule has 18 heavy (non-hydrogen) atoms. The fourth-order valence-corrected chi connectivity index (χ4v) is 1.54. The van der Waals surface area contributed by atoms with E-state index in [1.54, 1.807) is 18.2 Å². The number of carbonyl (C=O) groups is 1. The summed E-state index contributed by atoms with van der Waals surface area (Å²) in [5.41, 5.74) is 0.967. The van der Waals surface area contributed by atoms with Gasteiger partial charge in [0.1, 0.15) is 0 Å². The van der Waals surface area contributed by atoms with E-state index in [4.69, 9.17) is 9.84 Å². The third kappa shape index (κ3) is 5.19. The average molecular weight is 251 g/mol. The van der Waals surface area contributed by atoms with E-state index in [9.17, 15) is 4.79 Å². The first kappa shape index (κ1) is 14.5. The standard InChI is InChI=1S/C14H21NO3/c1-11(2)10-18-9-5-8-15-13-7-4-3-6-12(13)14(16)17/h3-4,6-7,11,15H,5,8-10H2,1-2H3,(H,16,17). The van der Waals surface area contributed by atoms with Gasteiger partial charge in [-0.25, -0.2) is 4.79 Å². The lowest BCUT2D eigenvalue weighted by Crippen LogP contribution is -2.10. The van der Waals surface area contributed by atoms with Gasteiger partial charge in [0.05, 0.1) is 5.56 Å². The second-order valence-electron chi connectivity index (χ2n) is 4.60. The summed E-state index contributed by atoms with van der Waals surface area (Å²) in [6, 6.07) is 6.92. The number of carboxylic acid groups (broad SMARTS) is 1. The quantitative estimate of drug-likeness (QED) is 0.697. The number of hydrogen-bond donors (Lipinski definition) is 2. The Balaban J connectivity index is 2.29. The molecule has 0 radical (unpaired) electrons. The minimum absolute atomic E-state index is 0.306. The molecule has 0 unspecified atom stereocenters. The molecule has 0 aliphatic heterocycles. The van der Waals surface area contributed by atoms with E-state index in [0.29, 0.717) is 30.3 Å². The van der Waals surface area contributed by atoms with Crippen LogP contribution in [0.1, 0.15) is 30.6 Å². The molecule has 2 N–H and O–H groups in total. The molecule has 0 aliphatic rings. The number of anilines is 1. The summed E-state index contributed by atoms with van der Waals surface area (Å²) in [5, 5.41) is 12.1. The Labute approximate surface area is 108 Å². The van der Waals surface area contributed by atoms with E-state index in [2.05, 4.69) is 19.2 Å². The number of para-hydroxylation sites is 1. The minimum Gasteiger partial charge on any atom is -0.478 e. The summed E-state index contributed by atoms with van der Waals surface area (Å²) in [5.74, 6) is -0.361. The van der Waals surface area contributed by atoms with Crippen molar-refractivity contribution in [1.82, 2.24) is 0 Å². The maximum Gasteiger partial charge on any atom is 0.337 e. The molecular formula is C14H21NO3. The lowest BCUT2D eigenvalue weighted by molar-refractivity contribution is 0.0698. The molecule has 0 saturated carbocycles. The van der Waals surface area contributed by atoms with Crippen molar-refractivity contribution in [2.24, 2.45) is 5.92 Å². The fraction of sp³-hybridized carbons (Fsp3) is 0.500. The van der Waals surface area contributed by atoms with Gasteiger partial charge in [0.25, 0.3) is 0 Å². The molecule has 0 fully saturated rings. The van der Waals surface area contributed by atoms with E-state index in [0.717, 1.165) is 13.0 Å². The smallest absolute Gasteiger partial charge is 0.337 e. The van der Waals surface area contributed by atoms with Crippen LogP contribution in [0.5, 0.6) is 0 Å². The van der Waals surface area contributed by atoms with Crippen molar-refractivity contribution >= 4 is 11.7 Å². The third-order valence-corrected chi connectivity index (χ3v) is 2.39. The molecule has 0 bridgehead atoms. The second-order valence-corrected chi connectivity index (χ2v) is 4.60. The van der Waals surface area contributed by atoms with Gasteiger partial charge in [-0.3, -0.25) is 0 Å². The number of benzene rings is 1. The van der Waals surface area contributed by atoms with Crippen LogP contribution in [0, 0.1) is 5.92 Å². The van der Waals surface area contributed by atoms with Gasteiger partial charge in [-0.1, -0.05) is 26.0 Å². The van der Waals surface area contributed by atoms with Crippen molar-refractivity contribution in [2.75, 3.05) is 25.1 Å². The van der Waals surface area contributed by atoms with Crippen LogP contribution in [-0.4, -0.2) is 30.8 Å². The largest absolute Gasteiger partial charge is 0.478 e. The van der Waals surface area contributed by atoms with Crippen LogP contribution < -0.4 is 5.32 Å². The van der Waals surface area contributed by atoms with Gasteiger partial charge in [0, 0.05) is 25.4 Å². The lowest BCUT2D eigenvalue weighted by atomic mass is 10.2. The molecule has 1 rings (SSSR count). The zero-order valence-electron chi connectivity index (χ0n) is 11.0. The van der Waals surface area contributed by atoms with Crippen LogP contribution >= 0.6 is 0 Å². The van der Waals surface area contributed by atoms with Crippen LogP contribution in [0.4, 0.5) is 5.69 Å². The first-order chi connectivity index (χ1) is 8.61. The van der Waals surface area contributed by atoms with Crippen molar-refractivity contribution < 1.29 is 14.6 Å². The van der Waals surface area contributed by atoms with E-state index in [-0.39, 0.29) is 0 Å². The Bertz CT molecular complexity index is 377. The molecule has 0 atom stereocenters. The normalized spacial score (nSPS) is 10.6. The highest BCUT2D eigenvalue weighted by Gasteiger charge is 2.07. The molecule has 1 aromatic carbocycles. The van der Waals surface area contributed by atoms with Gasteiger partial charge in [0.2, 0.25) is 0 Å². The van der Waals surface area contributed by atoms with Crippen molar-refractivity contribution in [3.8, 4) is 0 Å². The predicted molar refractivity (Wildman–Crippen MR) is 72.2 cm³/mol. The number of rotatable bonds is 8. The van der Waals surface area contributed by atoms with Gasteiger partial charge in [-0.05, 0) is 24.5 Å². The monoisotopic (exact) mass is 251 g/mol. The number of hydrogen-bond acceptors (Lipinski definition) is 3. The molecular weight excluding hydrogens is 230 g/mol. The summed E-state index contributed by atoms with van der Waals surface area (Å²) in [7, 11) is 0. The first-order valence-electron chi connectivity index (χ1n) is 6.25. The second kappa shape index (κ2) is 7.71. The van der Waals surface area contributed by atoms with E-state index in [1.165, 1.54) is 0 Å². The fourth-order valence-electron chi connectivity index (χ4n) is 1.54. The molecule has 0 spiro atoms. The van der Waals surface area contributed by atoms with Crippen LogP contribution in [0.25, 0.3) is 0 Å². The van der Waals surface area contributed by atoms with Crippen LogP contribution in [0.15, 0.2) is 24.3 Å². The maximum atomic E-state index is 11.0. The topological polar surface area (TPSA) is 58.6 Å². The van der Waals surface area contributed by atoms with E-state index in [1.807, 2.05) is 6.07 Å². The van der Waals surface area contributed by atoms with Crippen molar-refractivity contribution in [3.63, 3.8) is 0 Å². The SMILES string of the molecule is CC(C)COCCCNc1ccccc1C(=O)O. The molecule has 4 nitrogen and oxygen atoms in total. The Morgan fingerprint density at radius 2 is 2.11 bits per heavy atom. The van der Waals surface area contributed by atoms with Gasteiger partial charge < -0.3 is 15.2 Å². The lowest BCUT2D eigenvalue weighted by Gasteiger charge is -2.10. The highest BCUT2D eigenvalue weighted by atomic mass is 16.5. The summed E-state index contributed by atoms with van der Waals surface area (Å²) >= 11 is 0. The zero-order valence-corrected chi connectivity index (χ0v) is 11.0. The van der Waals surface area contributed by atoms with Gasteiger partial charge >= 0.3 is 5.97 Å². The Kier molecular flexibility index (Phi) is 6.22. The Hall–Kier alpha value is -1.55. The highest BCUT2D eigenvalue weighted by molar-refractivity contribution is 5.94. The highest BCUT2D eigenvalue weighted by Crippen LogP contribution is 2.14. The van der Waals surface area contributed by atoms with Crippen molar-refractivity contribution in [2.45, 2.75) is 20.3 Å². The molecule has 100 valence electrons. The Morgan fingerprint density at radius 1 is 1.39 bits per heavy atom. The summed E-state index contributed by atoms with van der Waals surface area (Å²) < 4.78 is 5.45. The summed E-state index contributed by atoms with van der Waals surface area (Å²) in [6.07, 6.45) is 0.862. The average Bonchev–Trinajstić information content (AvgIpc) is 2.33. The minimum atomic E-state index is -0.908. The molecule has 0 heterocycles. The van der Waals surface area contributed by atoms with Crippen LogP contribution in [0.2, 0.25) is 0 Å². The summed E-state index contributed by atoms with van der Waals surface area (Å²) in [4.78, 5) is 11.0. The number of nitrogens with one attached hydrogen (secondary N) is 1.